The van der Waals surface area contributed by atoms with Crippen molar-refractivity contribution in [2.45, 2.75) is 33.2 Å². The summed E-state index contributed by atoms with van der Waals surface area (Å²) < 4.78 is 2.97. The van der Waals surface area contributed by atoms with E-state index in [1.54, 1.807) is 11.3 Å². The van der Waals surface area contributed by atoms with Gasteiger partial charge in [-0.05, 0) is 50.1 Å². The van der Waals surface area contributed by atoms with Crippen LogP contribution in [0.3, 0.4) is 0 Å². The normalized spacial score (nSPS) is 15.5. The van der Waals surface area contributed by atoms with Gasteiger partial charge in [-0.1, -0.05) is 11.6 Å². The van der Waals surface area contributed by atoms with Gasteiger partial charge in [-0.25, -0.2) is 4.98 Å². The SMILES string of the molecule is Cc1ccn2c(CN3CCN(C(=O)CCc4ccc(Cl)s4)CC3)c(C)nc2c1. The van der Waals surface area contributed by atoms with Gasteiger partial charge in [0.1, 0.15) is 5.65 Å². The van der Waals surface area contributed by atoms with Gasteiger partial charge >= 0.3 is 0 Å². The van der Waals surface area contributed by atoms with Crippen LogP contribution >= 0.6 is 22.9 Å². The molecule has 0 N–H and O–H groups in total. The zero-order chi connectivity index (χ0) is 19.7. The van der Waals surface area contributed by atoms with Crippen LogP contribution in [0.15, 0.2) is 30.5 Å². The van der Waals surface area contributed by atoms with Crippen molar-refractivity contribution in [1.29, 1.82) is 0 Å². The van der Waals surface area contributed by atoms with Crippen LogP contribution < -0.4 is 0 Å². The Balaban J connectivity index is 1.32. The molecule has 4 heterocycles. The third-order valence-corrected chi connectivity index (χ3v) is 6.68. The van der Waals surface area contributed by atoms with Gasteiger partial charge < -0.3 is 9.30 Å². The second-order valence-electron chi connectivity index (χ2n) is 7.44. The first-order valence-electron chi connectivity index (χ1n) is 9.68. The van der Waals surface area contributed by atoms with E-state index >= 15 is 0 Å². The standard InChI is InChI=1S/C21H25ClN4OS/c1-15-7-8-26-18(16(2)23-20(26)13-15)14-24-9-11-25(12-10-24)21(27)6-4-17-3-5-19(22)28-17/h3,5,7-8,13H,4,6,9-12,14H2,1-2H3. The Bertz CT molecular complexity index is 988. The average Bonchev–Trinajstić information content (AvgIpc) is 3.23. The lowest BCUT2D eigenvalue weighted by Gasteiger charge is -2.34. The molecule has 148 valence electrons. The van der Waals surface area contributed by atoms with Crippen LogP contribution in [0.25, 0.3) is 5.65 Å². The number of hydrogen-bond acceptors (Lipinski definition) is 4. The van der Waals surface area contributed by atoms with Crippen molar-refractivity contribution in [2.75, 3.05) is 26.2 Å². The maximum Gasteiger partial charge on any atom is 0.223 e. The molecule has 1 aliphatic heterocycles. The predicted octanol–water partition coefficient (Wildman–Crippen LogP) is 3.94. The highest BCUT2D eigenvalue weighted by Crippen LogP contribution is 2.23. The molecule has 0 unspecified atom stereocenters. The largest absolute Gasteiger partial charge is 0.340 e. The molecule has 0 aromatic carbocycles. The van der Waals surface area contributed by atoms with E-state index in [0.29, 0.717) is 6.42 Å². The zero-order valence-corrected chi connectivity index (χ0v) is 17.9. The second-order valence-corrected chi connectivity index (χ2v) is 9.24. The van der Waals surface area contributed by atoms with Crippen LogP contribution in [0.5, 0.6) is 0 Å². The van der Waals surface area contributed by atoms with Crippen LogP contribution in [0.1, 0.15) is 28.2 Å². The molecule has 7 heteroatoms. The molecular weight excluding hydrogens is 392 g/mol. The number of aryl methyl sites for hydroxylation is 3. The molecule has 0 spiro atoms. The molecule has 0 bridgehead atoms. The van der Waals surface area contributed by atoms with E-state index in [9.17, 15) is 4.79 Å². The summed E-state index contributed by atoms with van der Waals surface area (Å²) in [4.78, 5) is 22.8. The van der Waals surface area contributed by atoms with Gasteiger partial charge in [0.25, 0.3) is 0 Å². The molecule has 0 radical (unpaired) electrons. The van der Waals surface area contributed by atoms with E-state index in [-0.39, 0.29) is 5.91 Å². The van der Waals surface area contributed by atoms with Crippen molar-refractivity contribution >= 4 is 34.5 Å². The van der Waals surface area contributed by atoms with Crippen molar-refractivity contribution in [1.82, 2.24) is 19.2 Å². The fourth-order valence-electron chi connectivity index (χ4n) is 3.75. The van der Waals surface area contributed by atoms with E-state index in [2.05, 4.69) is 41.5 Å². The molecule has 1 aliphatic rings. The molecular formula is C21H25ClN4OS. The van der Waals surface area contributed by atoms with Crippen LogP contribution in [0, 0.1) is 13.8 Å². The summed E-state index contributed by atoms with van der Waals surface area (Å²) >= 11 is 7.53. The monoisotopic (exact) mass is 416 g/mol. The summed E-state index contributed by atoms with van der Waals surface area (Å²) in [7, 11) is 0. The summed E-state index contributed by atoms with van der Waals surface area (Å²) in [6.07, 6.45) is 3.44. The molecule has 1 fully saturated rings. The summed E-state index contributed by atoms with van der Waals surface area (Å²) in [5.74, 6) is 0.241. The van der Waals surface area contributed by atoms with Crippen LogP contribution in [0.4, 0.5) is 0 Å². The predicted molar refractivity (Wildman–Crippen MR) is 114 cm³/mol. The summed E-state index contributed by atoms with van der Waals surface area (Å²) in [6.45, 7) is 8.41. The molecule has 28 heavy (non-hydrogen) atoms. The number of aromatic nitrogens is 2. The minimum atomic E-state index is 0.241. The Morgan fingerprint density at radius 3 is 2.68 bits per heavy atom. The van der Waals surface area contributed by atoms with Crippen molar-refractivity contribution in [3.8, 4) is 0 Å². The first kappa shape index (κ1) is 19.4. The minimum absolute atomic E-state index is 0.241. The van der Waals surface area contributed by atoms with Crippen LogP contribution in [0.2, 0.25) is 4.34 Å². The van der Waals surface area contributed by atoms with E-state index in [1.807, 2.05) is 17.0 Å². The summed E-state index contributed by atoms with van der Waals surface area (Å²) in [6, 6.07) is 8.15. The number of nitrogens with zero attached hydrogens (tertiary/aromatic N) is 4. The van der Waals surface area contributed by atoms with Gasteiger partial charge in [-0.15, -0.1) is 11.3 Å². The Hall–Kier alpha value is -1.89. The van der Waals surface area contributed by atoms with Crippen molar-refractivity contribution in [3.05, 3.63) is 56.6 Å². The van der Waals surface area contributed by atoms with Gasteiger partial charge in [0.05, 0.1) is 15.7 Å². The Morgan fingerprint density at radius 1 is 1.18 bits per heavy atom. The second kappa shape index (κ2) is 8.23. The molecule has 0 saturated carbocycles. The molecule has 3 aromatic heterocycles. The van der Waals surface area contributed by atoms with Crippen molar-refractivity contribution < 1.29 is 4.79 Å². The Morgan fingerprint density at radius 2 is 1.96 bits per heavy atom. The van der Waals surface area contributed by atoms with Gasteiger partial charge in [-0.2, -0.15) is 0 Å². The smallest absolute Gasteiger partial charge is 0.223 e. The fraction of sp³-hybridized carbons (Fsp3) is 0.429. The van der Waals surface area contributed by atoms with Gasteiger partial charge in [0.2, 0.25) is 5.91 Å². The molecule has 1 amide bonds. The Labute approximate surface area is 174 Å². The highest BCUT2D eigenvalue weighted by molar-refractivity contribution is 7.16. The van der Waals surface area contributed by atoms with Gasteiger partial charge in [0, 0.05) is 50.2 Å². The number of hydrogen-bond donors (Lipinski definition) is 0. The van der Waals surface area contributed by atoms with Crippen molar-refractivity contribution in [2.24, 2.45) is 0 Å². The molecule has 5 nitrogen and oxygen atoms in total. The molecule has 0 aliphatic carbocycles. The average molecular weight is 417 g/mol. The number of amides is 1. The number of carbonyl (C=O) groups is 1. The quantitative estimate of drug-likeness (QED) is 0.632. The van der Waals surface area contributed by atoms with E-state index in [0.717, 1.165) is 54.8 Å². The number of pyridine rings is 1. The number of halogens is 1. The topological polar surface area (TPSA) is 40.9 Å². The van der Waals surface area contributed by atoms with Crippen LogP contribution in [-0.4, -0.2) is 51.3 Å². The highest BCUT2D eigenvalue weighted by atomic mass is 35.5. The molecule has 4 rings (SSSR count). The first-order chi connectivity index (χ1) is 13.5. The number of fused-ring (bicyclic) bond motifs is 1. The lowest BCUT2D eigenvalue weighted by Crippen LogP contribution is -2.48. The number of thiophene rings is 1. The van der Waals surface area contributed by atoms with E-state index in [4.69, 9.17) is 16.6 Å². The first-order valence-corrected chi connectivity index (χ1v) is 10.9. The zero-order valence-electron chi connectivity index (χ0n) is 16.3. The number of imidazole rings is 1. The lowest BCUT2D eigenvalue weighted by molar-refractivity contribution is -0.132. The third-order valence-electron chi connectivity index (χ3n) is 5.39. The van der Waals surface area contributed by atoms with Crippen molar-refractivity contribution in [3.63, 3.8) is 0 Å². The minimum Gasteiger partial charge on any atom is -0.340 e. The Kier molecular flexibility index (Phi) is 5.71. The molecule has 0 atom stereocenters. The fourth-order valence-corrected chi connectivity index (χ4v) is 4.83. The maximum absolute atomic E-state index is 12.5. The van der Waals surface area contributed by atoms with E-state index in [1.165, 1.54) is 16.1 Å². The number of piperazine rings is 1. The maximum atomic E-state index is 12.5. The number of carbonyl (C=O) groups excluding carboxylic acids is 1. The third kappa shape index (κ3) is 4.24. The van der Waals surface area contributed by atoms with Gasteiger partial charge in [-0.3, -0.25) is 9.69 Å². The summed E-state index contributed by atoms with van der Waals surface area (Å²) in [5.41, 5.74) is 4.55. The number of rotatable bonds is 5. The van der Waals surface area contributed by atoms with E-state index < -0.39 is 0 Å². The summed E-state index contributed by atoms with van der Waals surface area (Å²) in [5, 5.41) is 0. The highest BCUT2D eigenvalue weighted by Gasteiger charge is 2.22. The molecule has 1 saturated heterocycles. The van der Waals surface area contributed by atoms with Gasteiger partial charge in [0.15, 0.2) is 0 Å². The van der Waals surface area contributed by atoms with Crippen LogP contribution in [-0.2, 0) is 17.8 Å². The lowest BCUT2D eigenvalue weighted by atomic mass is 10.2. The molecule has 3 aromatic rings.